The van der Waals surface area contributed by atoms with Crippen LogP contribution in [0.4, 0.5) is 0 Å². The van der Waals surface area contributed by atoms with Crippen molar-refractivity contribution in [2.45, 2.75) is 50.7 Å². The highest BCUT2D eigenvalue weighted by atomic mass is 16.3. The molecule has 3 aliphatic carbocycles. The Morgan fingerprint density at radius 2 is 1.93 bits per heavy atom. The quantitative estimate of drug-likeness (QED) is 0.340. The molecule has 6 N–H and O–H groups in total. The molecule has 0 aliphatic heterocycles. The Kier molecular flexibility index (Phi) is 6.79. The summed E-state index contributed by atoms with van der Waals surface area (Å²) in [5.74, 6) is -6.58. The number of hydrogen-bond acceptors (Lipinski definition) is 9. The molecule has 1 aromatic heterocycles. The van der Waals surface area contributed by atoms with E-state index in [0.29, 0.717) is 28.8 Å². The second-order valence-corrected chi connectivity index (χ2v) is 11.1. The summed E-state index contributed by atoms with van der Waals surface area (Å²) in [4.78, 5) is 45.8. The van der Waals surface area contributed by atoms with Gasteiger partial charge in [-0.1, -0.05) is 19.4 Å². The number of carbonyl (C=O) groups excluding carboxylic acids is 3. The van der Waals surface area contributed by atoms with Crippen molar-refractivity contribution >= 4 is 17.5 Å². The Morgan fingerprint density at radius 3 is 2.52 bits per heavy atom. The van der Waals surface area contributed by atoms with Gasteiger partial charge >= 0.3 is 0 Å². The van der Waals surface area contributed by atoms with Gasteiger partial charge in [0.2, 0.25) is 5.78 Å². The second kappa shape index (κ2) is 9.87. The number of aryl methyl sites for hydroxylation is 1. The molecule has 4 atom stereocenters. The Hall–Kier alpha value is -4.02. The van der Waals surface area contributed by atoms with Gasteiger partial charge < -0.3 is 26.2 Å². The van der Waals surface area contributed by atoms with Gasteiger partial charge in [0.25, 0.3) is 5.91 Å². The van der Waals surface area contributed by atoms with Crippen molar-refractivity contribution in [3.8, 4) is 17.0 Å². The fraction of sp³-hybridized carbons (Fsp3) is 0.400. The summed E-state index contributed by atoms with van der Waals surface area (Å²) in [5, 5.41) is 45.5. The Morgan fingerprint density at radius 1 is 1.20 bits per heavy atom. The van der Waals surface area contributed by atoms with Crippen molar-refractivity contribution < 1.29 is 34.8 Å². The zero-order valence-electron chi connectivity index (χ0n) is 22.6. The molecule has 0 saturated heterocycles. The van der Waals surface area contributed by atoms with E-state index in [1.165, 1.54) is 4.90 Å². The standard InChI is InChI=1S/C30H33N3O7/c1-4-5-8-14-11-16(19-9-6-7-10-32-19)17-12-15-13-18-23(33(2)3)26(36)22(29(31)39)28(38)30(18,40)27(37)20(15)25(35)21(17)24(14)34/h6-7,9-11,15,18,23,34,36-37,40H,4-5,8,12-13H2,1-3H3,(H2,31,39)/t15-,18-,23-,30-/m0/s1. The van der Waals surface area contributed by atoms with Crippen LogP contribution in [0.3, 0.4) is 0 Å². The van der Waals surface area contributed by atoms with Crippen molar-refractivity contribution in [3.05, 3.63) is 69.8 Å². The molecular weight excluding hydrogens is 514 g/mol. The molecule has 210 valence electrons. The van der Waals surface area contributed by atoms with Crippen LogP contribution in [-0.4, -0.2) is 73.5 Å². The largest absolute Gasteiger partial charge is 0.510 e. The fourth-order valence-corrected chi connectivity index (χ4v) is 6.68. The molecule has 0 fully saturated rings. The number of allylic oxidation sites excluding steroid dienone is 1. The number of phenolic OH excluding ortho intramolecular Hbond substituents is 1. The molecule has 0 unspecified atom stereocenters. The molecular formula is C30H33N3O7. The van der Waals surface area contributed by atoms with E-state index in [-0.39, 0.29) is 29.7 Å². The van der Waals surface area contributed by atoms with Gasteiger partial charge in [0.15, 0.2) is 11.4 Å². The topological polar surface area (TPSA) is 174 Å². The number of aromatic hydroxyl groups is 1. The van der Waals surface area contributed by atoms with Crippen LogP contribution >= 0.6 is 0 Å². The maximum Gasteiger partial charge on any atom is 0.255 e. The number of hydrogen-bond donors (Lipinski definition) is 5. The number of fused-ring (bicyclic) bond motifs is 3. The number of primary amides is 1. The summed E-state index contributed by atoms with van der Waals surface area (Å²) in [6, 6.07) is 6.25. The molecule has 0 bridgehead atoms. The van der Waals surface area contributed by atoms with Crippen molar-refractivity contribution in [1.29, 1.82) is 0 Å². The first-order chi connectivity index (χ1) is 18.9. The van der Waals surface area contributed by atoms with E-state index in [4.69, 9.17) is 5.73 Å². The molecule has 5 rings (SSSR count). The number of likely N-dealkylation sites (N-methyl/N-ethyl adjacent to an activating group) is 1. The number of aromatic nitrogens is 1. The number of benzene rings is 1. The molecule has 1 heterocycles. The lowest BCUT2D eigenvalue weighted by atomic mass is 9.58. The molecule has 40 heavy (non-hydrogen) atoms. The lowest BCUT2D eigenvalue weighted by Gasteiger charge is -2.50. The van der Waals surface area contributed by atoms with E-state index in [1.54, 1.807) is 26.4 Å². The van der Waals surface area contributed by atoms with E-state index in [2.05, 4.69) is 4.98 Å². The first-order valence-corrected chi connectivity index (χ1v) is 13.4. The van der Waals surface area contributed by atoms with Gasteiger partial charge in [-0.3, -0.25) is 24.3 Å². The minimum Gasteiger partial charge on any atom is -0.510 e. The fourth-order valence-electron chi connectivity index (χ4n) is 6.68. The second-order valence-electron chi connectivity index (χ2n) is 11.1. The first-order valence-electron chi connectivity index (χ1n) is 13.4. The Labute approximate surface area is 231 Å². The number of nitrogens with zero attached hydrogens (tertiary/aromatic N) is 2. The molecule has 10 nitrogen and oxygen atoms in total. The van der Waals surface area contributed by atoms with Crippen molar-refractivity contribution in [3.63, 3.8) is 0 Å². The number of aliphatic hydroxyl groups is 3. The Balaban J connectivity index is 1.75. The van der Waals surface area contributed by atoms with E-state index >= 15 is 0 Å². The number of aliphatic hydroxyl groups excluding tert-OH is 2. The van der Waals surface area contributed by atoms with Gasteiger partial charge in [-0.05, 0) is 75.0 Å². The number of ketones is 2. The zero-order chi connectivity index (χ0) is 29.1. The maximum atomic E-state index is 14.1. The Bertz CT molecular complexity index is 1490. The monoisotopic (exact) mass is 547 g/mol. The average Bonchev–Trinajstić information content (AvgIpc) is 2.90. The van der Waals surface area contributed by atoms with Crippen LogP contribution in [0, 0.1) is 11.8 Å². The van der Waals surface area contributed by atoms with Crippen LogP contribution in [0.5, 0.6) is 5.75 Å². The smallest absolute Gasteiger partial charge is 0.255 e. The van der Waals surface area contributed by atoms with Crippen molar-refractivity contribution in [1.82, 2.24) is 9.88 Å². The number of pyridine rings is 1. The molecule has 10 heteroatoms. The van der Waals surface area contributed by atoms with Gasteiger partial charge in [0.1, 0.15) is 22.8 Å². The highest BCUT2D eigenvalue weighted by molar-refractivity contribution is 6.25. The summed E-state index contributed by atoms with van der Waals surface area (Å²) in [6.45, 7) is 2.02. The summed E-state index contributed by atoms with van der Waals surface area (Å²) in [5.41, 5.74) is 4.19. The minimum absolute atomic E-state index is 0.00929. The number of carbonyl (C=O) groups is 3. The van der Waals surface area contributed by atoms with Gasteiger partial charge in [0.05, 0.1) is 17.3 Å². The number of unbranched alkanes of at least 4 members (excludes halogenated alkanes) is 1. The van der Waals surface area contributed by atoms with Gasteiger partial charge in [-0.15, -0.1) is 0 Å². The normalized spacial score (nSPS) is 26.1. The average molecular weight is 548 g/mol. The van der Waals surface area contributed by atoms with Crippen LogP contribution in [0.25, 0.3) is 11.3 Å². The van der Waals surface area contributed by atoms with Crippen LogP contribution in [-0.2, 0) is 22.4 Å². The number of rotatable bonds is 6. The molecule has 0 radical (unpaired) electrons. The van der Waals surface area contributed by atoms with E-state index < -0.39 is 58.0 Å². The van der Waals surface area contributed by atoms with Crippen molar-refractivity contribution in [2.24, 2.45) is 17.6 Å². The summed E-state index contributed by atoms with van der Waals surface area (Å²) < 4.78 is 0. The summed E-state index contributed by atoms with van der Waals surface area (Å²) in [7, 11) is 3.20. The predicted molar refractivity (Wildman–Crippen MR) is 146 cm³/mol. The lowest BCUT2D eigenvalue weighted by Crippen LogP contribution is -2.63. The maximum absolute atomic E-state index is 14.1. The van der Waals surface area contributed by atoms with Crippen LogP contribution in [0.15, 0.2) is 53.1 Å². The van der Waals surface area contributed by atoms with Gasteiger partial charge in [-0.2, -0.15) is 0 Å². The highest BCUT2D eigenvalue weighted by Crippen LogP contribution is 2.53. The highest BCUT2D eigenvalue weighted by Gasteiger charge is 2.63. The third-order valence-corrected chi connectivity index (χ3v) is 8.54. The predicted octanol–water partition coefficient (Wildman–Crippen LogP) is 2.53. The van der Waals surface area contributed by atoms with Crippen molar-refractivity contribution in [2.75, 3.05) is 14.1 Å². The molecule has 1 aromatic carbocycles. The number of nitrogens with two attached hydrogens (primary N) is 1. The summed E-state index contributed by atoms with van der Waals surface area (Å²) in [6.07, 6.45) is 4.03. The van der Waals surface area contributed by atoms with Gasteiger partial charge in [0, 0.05) is 23.3 Å². The summed E-state index contributed by atoms with van der Waals surface area (Å²) >= 11 is 0. The van der Waals surface area contributed by atoms with Crippen LogP contribution < -0.4 is 5.73 Å². The third-order valence-electron chi connectivity index (χ3n) is 8.54. The van der Waals surface area contributed by atoms with Gasteiger partial charge in [-0.25, -0.2) is 0 Å². The molecule has 2 aromatic rings. The van der Waals surface area contributed by atoms with E-state index in [1.807, 2.05) is 25.1 Å². The SMILES string of the molecule is CCCCc1cc(-c2ccccn2)c2c(c1O)C(=O)C1=C(O)[C@]3(O)C(=O)C(C(N)=O)=C(O)[C@@H](N(C)C)[C@@H]3C[C@@H]1C2. The number of Topliss-reactive ketones (excluding diaryl/α,β-unsaturated/α-hetero) is 2. The molecule has 0 spiro atoms. The molecule has 3 aliphatic rings. The zero-order valence-corrected chi connectivity index (χ0v) is 22.6. The van der Waals surface area contributed by atoms with E-state index in [9.17, 15) is 34.8 Å². The molecule has 1 amide bonds. The number of phenols is 1. The van der Waals surface area contributed by atoms with E-state index in [0.717, 1.165) is 12.8 Å². The first kappa shape index (κ1) is 27.5. The minimum atomic E-state index is -2.66. The van der Waals surface area contributed by atoms with Crippen LogP contribution in [0.2, 0.25) is 0 Å². The lowest BCUT2D eigenvalue weighted by molar-refractivity contribution is -0.148. The molecule has 0 saturated carbocycles. The third kappa shape index (κ3) is 3.85. The van der Waals surface area contributed by atoms with Crippen LogP contribution in [0.1, 0.15) is 47.7 Å². The number of amides is 1.